The second kappa shape index (κ2) is 6.39. The van der Waals surface area contributed by atoms with Crippen LogP contribution >= 0.6 is 0 Å². The molecule has 2 N–H and O–H groups in total. The largest absolute Gasteiger partial charge is 0.389 e. The second-order valence-corrected chi connectivity index (χ2v) is 6.28. The van der Waals surface area contributed by atoms with Crippen LogP contribution in [0.15, 0.2) is 18.2 Å². The van der Waals surface area contributed by atoms with Crippen LogP contribution in [0.1, 0.15) is 49.3 Å². The van der Waals surface area contributed by atoms with Crippen LogP contribution in [0.2, 0.25) is 0 Å². The smallest absolute Gasteiger partial charge is 0.0991 e. The summed E-state index contributed by atoms with van der Waals surface area (Å²) >= 11 is 0. The molecule has 0 amide bonds. The Labute approximate surface area is 121 Å². The van der Waals surface area contributed by atoms with Crippen LogP contribution in [-0.4, -0.2) is 17.3 Å². The normalized spacial score (nSPS) is 26.2. The first-order chi connectivity index (χ1) is 9.52. The van der Waals surface area contributed by atoms with Crippen LogP contribution in [0.4, 0.5) is 0 Å². The van der Waals surface area contributed by atoms with Gasteiger partial charge in [0.1, 0.15) is 0 Å². The summed E-state index contributed by atoms with van der Waals surface area (Å²) in [7, 11) is 0. The van der Waals surface area contributed by atoms with Crippen molar-refractivity contribution in [1.29, 1.82) is 5.26 Å². The first-order valence-electron chi connectivity index (χ1n) is 7.45. The summed E-state index contributed by atoms with van der Waals surface area (Å²) in [5, 5.41) is 22.8. The molecular weight excluding hydrogens is 248 g/mol. The number of nitrogens with one attached hydrogen (secondary N) is 1. The van der Waals surface area contributed by atoms with Gasteiger partial charge in [0.05, 0.1) is 17.2 Å². The van der Waals surface area contributed by atoms with Crippen LogP contribution in [0.3, 0.4) is 0 Å². The van der Waals surface area contributed by atoms with E-state index in [-0.39, 0.29) is 0 Å². The number of benzene rings is 1. The molecule has 0 bridgehead atoms. The van der Waals surface area contributed by atoms with Crippen molar-refractivity contribution in [2.75, 3.05) is 6.54 Å². The summed E-state index contributed by atoms with van der Waals surface area (Å²) in [6.45, 7) is 5.63. The van der Waals surface area contributed by atoms with Crippen LogP contribution in [0.5, 0.6) is 0 Å². The Morgan fingerprint density at radius 1 is 1.50 bits per heavy atom. The fraction of sp³-hybridized carbons (Fsp3) is 0.588. The minimum atomic E-state index is -0.543. The van der Waals surface area contributed by atoms with E-state index in [0.29, 0.717) is 18.0 Å². The molecule has 20 heavy (non-hydrogen) atoms. The van der Waals surface area contributed by atoms with E-state index < -0.39 is 5.60 Å². The Morgan fingerprint density at radius 2 is 2.30 bits per heavy atom. The van der Waals surface area contributed by atoms with Gasteiger partial charge in [-0.2, -0.15) is 5.26 Å². The summed E-state index contributed by atoms with van der Waals surface area (Å²) in [5.41, 5.74) is 2.47. The van der Waals surface area contributed by atoms with E-state index in [2.05, 4.69) is 18.3 Å². The number of hydrogen-bond acceptors (Lipinski definition) is 3. The molecule has 1 aliphatic carbocycles. The van der Waals surface area contributed by atoms with Gasteiger partial charge in [-0.3, -0.25) is 0 Å². The fourth-order valence-electron chi connectivity index (χ4n) is 3.19. The maximum absolute atomic E-state index is 10.6. The molecule has 1 saturated carbocycles. The lowest BCUT2D eigenvalue weighted by atomic mass is 9.79. The van der Waals surface area contributed by atoms with E-state index in [1.165, 1.54) is 12.0 Å². The van der Waals surface area contributed by atoms with Crippen LogP contribution in [0, 0.1) is 24.2 Å². The molecule has 3 nitrogen and oxygen atoms in total. The highest BCUT2D eigenvalue weighted by molar-refractivity contribution is 5.37. The van der Waals surface area contributed by atoms with Gasteiger partial charge in [-0.05, 0) is 48.9 Å². The molecule has 0 saturated heterocycles. The first kappa shape index (κ1) is 15.0. The molecule has 2 atom stereocenters. The van der Waals surface area contributed by atoms with Gasteiger partial charge in [-0.1, -0.05) is 25.8 Å². The second-order valence-electron chi connectivity index (χ2n) is 6.28. The quantitative estimate of drug-likeness (QED) is 0.886. The van der Waals surface area contributed by atoms with Crippen molar-refractivity contribution in [3.05, 3.63) is 34.9 Å². The molecule has 1 aromatic carbocycles. The third-order valence-electron chi connectivity index (χ3n) is 4.31. The number of rotatable bonds is 4. The van der Waals surface area contributed by atoms with E-state index in [1.54, 1.807) is 0 Å². The van der Waals surface area contributed by atoms with Crippen molar-refractivity contribution < 1.29 is 5.11 Å². The fourth-order valence-corrected chi connectivity index (χ4v) is 3.19. The highest BCUT2D eigenvalue weighted by Crippen LogP contribution is 2.31. The average Bonchev–Trinajstić information content (AvgIpc) is 2.40. The molecule has 0 heterocycles. The van der Waals surface area contributed by atoms with E-state index in [0.717, 1.165) is 31.4 Å². The molecule has 2 unspecified atom stereocenters. The van der Waals surface area contributed by atoms with Crippen molar-refractivity contribution in [2.45, 2.75) is 51.7 Å². The van der Waals surface area contributed by atoms with E-state index >= 15 is 0 Å². The van der Waals surface area contributed by atoms with Crippen LogP contribution in [0.25, 0.3) is 0 Å². The van der Waals surface area contributed by atoms with Crippen LogP contribution in [-0.2, 0) is 6.54 Å². The Bertz CT molecular complexity index is 506. The van der Waals surface area contributed by atoms with Gasteiger partial charge < -0.3 is 10.4 Å². The minimum absolute atomic E-state index is 0.543. The SMILES string of the molecule is Cc1cc(C#N)ccc1CNCC1(O)CCCC(C)C1. The van der Waals surface area contributed by atoms with E-state index in [1.807, 2.05) is 25.1 Å². The van der Waals surface area contributed by atoms with E-state index in [9.17, 15) is 5.11 Å². The Kier molecular flexibility index (Phi) is 4.80. The van der Waals surface area contributed by atoms with Crippen molar-refractivity contribution in [1.82, 2.24) is 5.32 Å². The molecule has 108 valence electrons. The Morgan fingerprint density at radius 3 is 2.95 bits per heavy atom. The number of hydrogen-bond donors (Lipinski definition) is 2. The van der Waals surface area contributed by atoms with Gasteiger partial charge in [0.15, 0.2) is 0 Å². The van der Waals surface area contributed by atoms with Gasteiger partial charge in [0.2, 0.25) is 0 Å². The molecule has 1 aromatic rings. The average molecular weight is 272 g/mol. The summed E-state index contributed by atoms with van der Waals surface area (Å²) in [6, 6.07) is 7.91. The van der Waals surface area contributed by atoms with Crippen molar-refractivity contribution >= 4 is 0 Å². The molecular formula is C17H24N2O. The third kappa shape index (κ3) is 3.82. The lowest BCUT2D eigenvalue weighted by Crippen LogP contribution is -2.43. The Hall–Kier alpha value is -1.37. The van der Waals surface area contributed by atoms with Crippen molar-refractivity contribution in [3.8, 4) is 6.07 Å². The predicted octanol–water partition coefficient (Wildman–Crippen LogP) is 2.90. The highest BCUT2D eigenvalue weighted by atomic mass is 16.3. The lowest BCUT2D eigenvalue weighted by Gasteiger charge is -2.35. The third-order valence-corrected chi connectivity index (χ3v) is 4.31. The molecule has 1 aliphatic rings. The monoisotopic (exact) mass is 272 g/mol. The summed E-state index contributed by atoms with van der Waals surface area (Å²) in [5.74, 6) is 0.618. The first-order valence-corrected chi connectivity index (χ1v) is 7.45. The van der Waals surface area contributed by atoms with E-state index in [4.69, 9.17) is 5.26 Å². The maximum atomic E-state index is 10.6. The minimum Gasteiger partial charge on any atom is -0.389 e. The lowest BCUT2D eigenvalue weighted by molar-refractivity contribution is -0.0119. The topological polar surface area (TPSA) is 56.0 Å². The standard InChI is InChI=1S/C17H24N2O/c1-13-4-3-7-17(20,9-13)12-19-11-16-6-5-15(10-18)8-14(16)2/h5-6,8,13,19-20H,3-4,7,9,11-12H2,1-2H3. The zero-order valence-corrected chi connectivity index (χ0v) is 12.4. The summed E-state index contributed by atoms with van der Waals surface area (Å²) in [6.07, 6.45) is 4.15. The molecule has 0 radical (unpaired) electrons. The van der Waals surface area contributed by atoms with Crippen molar-refractivity contribution in [3.63, 3.8) is 0 Å². The summed E-state index contributed by atoms with van der Waals surface area (Å²) in [4.78, 5) is 0. The molecule has 0 aromatic heterocycles. The molecule has 3 heteroatoms. The molecule has 0 aliphatic heterocycles. The summed E-state index contributed by atoms with van der Waals surface area (Å²) < 4.78 is 0. The Balaban J connectivity index is 1.88. The zero-order valence-electron chi connectivity index (χ0n) is 12.4. The maximum Gasteiger partial charge on any atom is 0.0991 e. The number of aliphatic hydroxyl groups is 1. The number of nitrogens with zero attached hydrogens (tertiary/aromatic N) is 1. The van der Waals surface area contributed by atoms with Gasteiger partial charge in [0.25, 0.3) is 0 Å². The molecule has 1 fully saturated rings. The van der Waals surface area contributed by atoms with Crippen molar-refractivity contribution in [2.24, 2.45) is 5.92 Å². The molecule has 2 rings (SSSR count). The predicted molar refractivity (Wildman–Crippen MR) is 80.2 cm³/mol. The number of aryl methyl sites for hydroxylation is 1. The number of nitriles is 1. The van der Waals surface area contributed by atoms with Gasteiger partial charge >= 0.3 is 0 Å². The van der Waals surface area contributed by atoms with Gasteiger partial charge in [0, 0.05) is 13.1 Å². The van der Waals surface area contributed by atoms with Crippen LogP contribution < -0.4 is 5.32 Å². The zero-order chi connectivity index (χ0) is 14.6. The highest BCUT2D eigenvalue weighted by Gasteiger charge is 2.31. The van der Waals surface area contributed by atoms with Gasteiger partial charge in [-0.15, -0.1) is 0 Å². The van der Waals surface area contributed by atoms with Gasteiger partial charge in [-0.25, -0.2) is 0 Å². The molecule has 0 spiro atoms.